The van der Waals surface area contributed by atoms with Gasteiger partial charge in [0.2, 0.25) is 0 Å². The summed E-state index contributed by atoms with van der Waals surface area (Å²) in [7, 11) is 1.59. The zero-order valence-electron chi connectivity index (χ0n) is 12.4. The summed E-state index contributed by atoms with van der Waals surface area (Å²) < 4.78 is 15.8. The van der Waals surface area contributed by atoms with Crippen molar-refractivity contribution in [3.05, 3.63) is 53.6 Å². The Kier molecular flexibility index (Phi) is 4.82. The largest absolute Gasteiger partial charge is 0.497 e. The summed E-state index contributed by atoms with van der Waals surface area (Å²) in [5.74, 6) is 1.50. The van der Waals surface area contributed by atoms with E-state index in [1.165, 1.54) is 0 Å². The second-order valence-electron chi connectivity index (χ2n) is 4.66. The van der Waals surface area contributed by atoms with Gasteiger partial charge >= 0.3 is 5.97 Å². The molecule has 4 heteroatoms. The second-order valence-corrected chi connectivity index (χ2v) is 4.66. The van der Waals surface area contributed by atoms with Crippen LogP contribution in [-0.4, -0.2) is 19.7 Å². The van der Waals surface area contributed by atoms with E-state index in [1.54, 1.807) is 31.4 Å². The van der Waals surface area contributed by atoms with E-state index < -0.39 is 5.97 Å². The Bertz CT molecular complexity index is 597. The van der Waals surface area contributed by atoms with E-state index in [1.807, 2.05) is 32.0 Å². The summed E-state index contributed by atoms with van der Waals surface area (Å²) in [6.07, 6.45) is 0. The number of para-hydroxylation sites is 1. The number of ether oxygens (including phenoxy) is 3. The van der Waals surface area contributed by atoms with Crippen LogP contribution < -0.4 is 14.2 Å². The molecule has 21 heavy (non-hydrogen) atoms. The van der Waals surface area contributed by atoms with E-state index in [0.717, 1.165) is 16.9 Å². The molecular formula is C17H18O4. The molecule has 0 amide bonds. The predicted molar refractivity (Wildman–Crippen MR) is 80.0 cm³/mol. The zero-order valence-corrected chi connectivity index (χ0v) is 12.4. The lowest BCUT2D eigenvalue weighted by atomic mass is 10.1. The van der Waals surface area contributed by atoms with Crippen molar-refractivity contribution in [1.29, 1.82) is 0 Å². The third-order valence-electron chi connectivity index (χ3n) is 3.04. The van der Waals surface area contributed by atoms with E-state index in [4.69, 9.17) is 14.2 Å². The number of hydrogen-bond donors (Lipinski definition) is 0. The van der Waals surface area contributed by atoms with Crippen LogP contribution in [0.1, 0.15) is 11.1 Å². The quantitative estimate of drug-likeness (QED) is 0.625. The Labute approximate surface area is 124 Å². The standard InChI is InChI=1S/C17H18O4/c1-12-5-4-6-13(2)17(12)21-16(18)11-20-15-9-7-14(19-3)8-10-15/h4-10H,11H2,1-3H3. The van der Waals surface area contributed by atoms with Gasteiger partial charge < -0.3 is 14.2 Å². The third-order valence-corrected chi connectivity index (χ3v) is 3.04. The van der Waals surface area contributed by atoms with Crippen LogP contribution in [0, 0.1) is 13.8 Å². The van der Waals surface area contributed by atoms with Crippen LogP contribution in [0.5, 0.6) is 17.2 Å². The van der Waals surface area contributed by atoms with Crippen molar-refractivity contribution in [2.45, 2.75) is 13.8 Å². The summed E-state index contributed by atoms with van der Waals surface area (Å²) in [6, 6.07) is 12.8. The van der Waals surface area contributed by atoms with E-state index in [0.29, 0.717) is 11.5 Å². The van der Waals surface area contributed by atoms with Crippen LogP contribution in [0.4, 0.5) is 0 Å². The smallest absolute Gasteiger partial charge is 0.349 e. The van der Waals surface area contributed by atoms with Crippen LogP contribution >= 0.6 is 0 Å². The Hall–Kier alpha value is -2.49. The number of rotatable bonds is 5. The van der Waals surface area contributed by atoms with Gasteiger partial charge in [0.15, 0.2) is 6.61 Å². The van der Waals surface area contributed by atoms with Crippen LogP contribution in [0.25, 0.3) is 0 Å². The topological polar surface area (TPSA) is 44.8 Å². The molecule has 2 aromatic carbocycles. The first kappa shape index (κ1) is 14.9. The highest BCUT2D eigenvalue weighted by molar-refractivity contribution is 5.74. The van der Waals surface area contributed by atoms with Crippen LogP contribution in [-0.2, 0) is 4.79 Å². The number of hydrogen-bond acceptors (Lipinski definition) is 4. The Morgan fingerprint density at radius 3 is 2.10 bits per heavy atom. The maximum Gasteiger partial charge on any atom is 0.349 e. The normalized spacial score (nSPS) is 10.0. The average molecular weight is 286 g/mol. The van der Waals surface area contributed by atoms with E-state index >= 15 is 0 Å². The Morgan fingerprint density at radius 1 is 0.952 bits per heavy atom. The molecule has 0 fully saturated rings. The van der Waals surface area contributed by atoms with Crippen molar-refractivity contribution in [2.75, 3.05) is 13.7 Å². The van der Waals surface area contributed by atoms with E-state index in [-0.39, 0.29) is 6.61 Å². The molecule has 0 radical (unpaired) electrons. The number of aryl methyl sites for hydroxylation is 2. The first-order valence-electron chi connectivity index (χ1n) is 6.64. The molecule has 4 nitrogen and oxygen atoms in total. The summed E-state index contributed by atoms with van der Waals surface area (Å²) in [5, 5.41) is 0. The molecule has 0 N–H and O–H groups in total. The van der Waals surface area contributed by atoms with Crippen molar-refractivity contribution < 1.29 is 19.0 Å². The second kappa shape index (κ2) is 6.79. The lowest BCUT2D eigenvalue weighted by molar-refractivity contribution is -0.136. The fourth-order valence-electron chi connectivity index (χ4n) is 1.92. The van der Waals surface area contributed by atoms with E-state index in [9.17, 15) is 4.79 Å². The van der Waals surface area contributed by atoms with E-state index in [2.05, 4.69) is 0 Å². The van der Waals surface area contributed by atoms with Crippen molar-refractivity contribution in [3.63, 3.8) is 0 Å². The maximum atomic E-state index is 11.8. The van der Waals surface area contributed by atoms with Crippen LogP contribution in [0.3, 0.4) is 0 Å². The first-order chi connectivity index (χ1) is 10.1. The molecule has 0 atom stereocenters. The van der Waals surface area contributed by atoms with Gasteiger partial charge in [-0.15, -0.1) is 0 Å². The van der Waals surface area contributed by atoms with Crippen molar-refractivity contribution in [1.82, 2.24) is 0 Å². The molecule has 110 valence electrons. The molecule has 0 spiro atoms. The molecule has 0 aliphatic heterocycles. The van der Waals surface area contributed by atoms with Crippen LogP contribution in [0.2, 0.25) is 0 Å². The predicted octanol–water partition coefficient (Wildman–Crippen LogP) is 3.30. The molecule has 0 aromatic heterocycles. The van der Waals surface area contributed by atoms with Crippen molar-refractivity contribution >= 4 is 5.97 Å². The van der Waals surface area contributed by atoms with Gasteiger partial charge in [-0.25, -0.2) is 4.79 Å². The summed E-state index contributed by atoms with van der Waals surface area (Å²) in [5.41, 5.74) is 1.85. The molecule has 0 saturated carbocycles. The molecule has 0 bridgehead atoms. The molecule has 2 rings (SSSR count). The SMILES string of the molecule is COc1ccc(OCC(=O)Oc2c(C)cccc2C)cc1. The zero-order chi connectivity index (χ0) is 15.2. The number of benzene rings is 2. The lowest BCUT2D eigenvalue weighted by Gasteiger charge is -2.11. The molecule has 2 aromatic rings. The van der Waals surface area contributed by atoms with Crippen molar-refractivity contribution in [2.24, 2.45) is 0 Å². The fraction of sp³-hybridized carbons (Fsp3) is 0.235. The molecular weight excluding hydrogens is 268 g/mol. The minimum Gasteiger partial charge on any atom is -0.497 e. The van der Waals surface area contributed by atoms with Gasteiger partial charge in [0.05, 0.1) is 7.11 Å². The highest BCUT2D eigenvalue weighted by atomic mass is 16.6. The lowest BCUT2D eigenvalue weighted by Crippen LogP contribution is -2.18. The van der Waals surface area contributed by atoms with Gasteiger partial charge in [-0.05, 0) is 49.2 Å². The highest BCUT2D eigenvalue weighted by Gasteiger charge is 2.10. The molecule has 0 unspecified atom stereocenters. The minimum atomic E-state index is -0.428. The van der Waals surface area contributed by atoms with Gasteiger partial charge in [0.1, 0.15) is 17.2 Å². The minimum absolute atomic E-state index is 0.139. The third kappa shape index (κ3) is 3.99. The van der Waals surface area contributed by atoms with Crippen molar-refractivity contribution in [3.8, 4) is 17.2 Å². The number of methoxy groups -OCH3 is 1. The number of carbonyl (C=O) groups is 1. The monoisotopic (exact) mass is 286 g/mol. The molecule has 0 saturated heterocycles. The first-order valence-corrected chi connectivity index (χ1v) is 6.64. The van der Waals surface area contributed by atoms with Gasteiger partial charge in [-0.1, -0.05) is 18.2 Å². The summed E-state index contributed by atoms with van der Waals surface area (Å²) >= 11 is 0. The molecule has 0 heterocycles. The van der Waals surface area contributed by atoms with Crippen LogP contribution in [0.15, 0.2) is 42.5 Å². The molecule has 0 aliphatic carbocycles. The Balaban J connectivity index is 1.92. The highest BCUT2D eigenvalue weighted by Crippen LogP contribution is 2.22. The average Bonchev–Trinajstić information content (AvgIpc) is 2.49. The summed E-state index contributed by atoms with van der Waals surface area (Å²) in [6.45, 7) is 3.67. The van der Waals surface area contributed by atoms with Gasteiger partial charge in [-0.3, -0.25) is 0 Å². The fourth-order valence-corrected chi connectivity index (χ4v) is 1.92. The molecule has 0 aliphatic rings. The van der Waals surface area contributed by atoms with Gasteiger partial charge in [-0.2, -0.15) is 0 Å². The van der Waals surface area contributed by atoms with Gasteiger partial charge in [0.25, 0.3) is 0 Å². The summed E-state index contributed by atoms with van der Waals surface area (Å²) in [4.78, 5) is 11.8. The Morgan fingerprint density at radius 2 is 1.52 bits per heavy atom. The number of carbonyl (C=O) groups excluding carboxylic acids is 1. The number of esters is 1. The van der Waals surface area contributed by atoms with Gasteiger partial charge in [0, 0.05) is 0 Å². The maximum absolute atomic E-state index is 11.8.